The topological polar surface area (TPSA) is 71.2 Å². The third-order valence-electron chi connectivity index (χ3n) is 2.93. The van der Waals surface area contributed by atoms with Crippen LogP contribution in [-0.4, -0.2) is 16.7 Å². The minimum absolute atomic E-state index is 0.0146. The Morgan fingerprint density at radius 2 is 2.00 bits per heavy atom. The van der Waals surface area contributed by atoms with Crippen molar-refractivity contribution < 1.29 is 5.11 Å². The molecular formula is C14H17N3O. The number of nitrogens with two attached hydrogens (primary N) is 1. The zero-order valence-corrected chi connectivity index (χ0v) is 10.3. The maximum Gasteiger partial charge on any atom is 0.125 e. The van der Waals surface area contributed by atoms with Crippen molar-refractivity contribution >= 4 is 11.5 Å². The molecule has 4 N–H and O–H groups in total. The number of nitrogens with one attached hydrogen (secondary N) is 1. The van der Waals surface area contributed by atoms with Crippen molar-refractivity contribution in [3.63, 3.8) is 0 Å². The summed E-state index contributed by atoms with van der Waals surface area (Å²) in [6.45, 7) is 1.93. The molecule has 0 saturated carbocycles. The zero-order chi connectivity index (χ0) is 13.0. The summed E-state index contributed by atoms with van der Waals surface area (Å²) in [5, 5.41) is 13.0. The van der Waals surface area contributed by atoms with Gasteiger partial charge in [-0.05, 0) is 18.6 Å². The van der Waals surface area contributed by atoms with E-state index in [1.165, 1.54) is 0 Å². The Bertz CT molecular complexity index is 515. The molecule has 1 heterocycles. The Labute approximate surface area is 106 Å². The lowest BCUT2D eigenvalue weighted by molar-refractivity contribution is 0.224. The quantitative estimate of drug-likeness (QED) is 0.768. The van der Waals surface area contributed by atoms with Crippen LogP contribution < -0.4 is 11.1 Å². The number of anilines is 2. The van der Waals surface area contributed by atoms with Gasteiger partial charge in [-0.15, -0.1) is 0 Å². The maximum absolute atomic E-state index is 9.66. The first kappa shape index (κ1) is 12.4. The van der Waals surface area contributed by atoms with Gasteiger partial charge in [0.1, 0.15) is 5.82 Å². The highest BCUT2D eigenvalue weighted by atomic mass is 16.3. The first-order valence-electron chi connectivity index (χ1n) is 5.80. The minimum atomic E-state index is -0.547. The van der Waals surface area contributed by atoms with E-state index >= 15 is 0 Å². The third kappa shape index (κ3) is 2.60. The molecule has 2 aromatic rings. The summed E-state index contributed by atoms with van der Waals surface area (Å²) in [5.74, 6) is 0.452. The number of nitrogen functional groups attached to an aromatic ring is 1. The van der Waals surface area contributed by atoms with Crippen LogP contribution in [0, 0.1) is 0 Å². The lowest BCUT2D eigenvalue weighted by Gasteiger charge is -2.30. The summed E-state index contributed by atoms with van der Waals surface area (Å²) < 4.78 is 0. The molecule has 0 radical (unpaired) electrons. The second kappa shape index (κ2) is 5.06. The van der Waals surface area contributed by atoms with Crippen LogP contribution in [-0.2, 0) is 5.54 Å². The van der Waals surface area contributed by atoms with Crippen molar-refractivity contribution in [1.29, 1.82) is 0 Å². The molecule has 2 rings (SSSR count). The number of hydrogen-bond donors (Lipinski definition) is 3. The zero-order valence-electron chi connectivity index (χ0n) is 10.3. The molecular weight excluding hydrogens is 226 g/mol. The maximum atomic E-state index is 9.66. The molecule has 0 saturated heterocycles. The van der Waals surface area contributed by atoms with E-state index in [1.54, 1.807) is 12.3 Å². The molecule has 0 aliphatic heterocycles. The highest BCUT2D eigenvalue weighted by Gasteiger charge is 2.25. The largest absolute Gasteiger partial charge is 0.394 e. The summed E-state index contributed by atoms with van der Waals surface area (Å²) in [6, 6.07) is 13.4. The van der Waals surface area contributed by atoms with Gasteiger partial charge in [0.2, 0.25) is 0 Å². The summed E-state index contributed by atoms with van der Waals surface area (Å²) in [7, 11) is 0. The predicted molar refractivity (Wildman–Crippen MR) is 73.2 cm³/mol. The highest BCUT2D eigenvalue weighted by molar-refractivity contribution is 5.52. The van der Waals surface area contributed by atoms with Crippen molar-refractivity contribution in [3.05, 3.63) is 54.2 Å². The fourth-order valence-electron chi connectivity index (χ4n) is 1.85. The Hall–Kier alpha value is -2.07. The molecule has 18 heavy (non-hydrogen) atoms. The van der Waals surface area contributed by atoms with Crippen molar-refractivity contribution in [2.45, 2.75) is 12.5 Å². The average Bonchev–Trinajstić information content (AvgIpc) is 2.39. The second-order valence-electron chi connectivity index (χ2n) is 4.45. The predicted octanol–water partition coefficient (Wildman–Crippen LogP) is 1.98. The Morgan fingerprint density at radius 3 is 2.61 bits per heavy atom. The van der Waals surface area contributed by atoms with Gasteiger partial charge in [0.25, 0.3) is 0 Å². The lowest BCUT2D eigenvalue weighted by Crippen LogP contribution is -2.35. The number of pyridine rings is 1. The van der Waals surface area contributed by atoms with Gasteiger partial charge in [0.15, 0.2) is 0 Å². The van der Waals surface area contributed by atoms with Crippen LogP contribution in [0.15, 0.2) is 48.7 Å². The fourth-order valence-corrected chi connectivity index (χ4v) is 1.85. The molecule has 0 fully saturated rings. The number of aliphatic hydroxyl groups excluding tert-OH is 1. The molecule has 1 aromatic carbocycles. The van der Waals surface area contributed by atoms with Gasteiger partial charge in [-0.1, -0.05) is 30.3 Å². The summed E-state index contributed by atoms with van der Waals surface area (Å²) in [6.07, 6.45) is 1.64. The van der Waals surface area contributed by atoms with Crippen LogP contribution in [0.3, 0.4) is 0 Å². The monoisotopic (exact) mass is 243 g/mol. The van der Waals surface area contributed by atoms with Crippen LogP contribution in [0.4, 0.5) is 11.5 Å². The molecule has 1 atom stereocenters. The Morgan fingerprint density at radius 1 is 1.28 bits per heavy atom. The van der Waals surface area contributed by atoms with Crippen LogP contribution in [0.2, 0.25) is 0 Å². The summed E-state index contributed by atoms with van der Waals surface area (Å²) >= 11 is 0. The summed E-state index contributed by atoms with van der Waals surface area (Å²) in [4.78, 5) is 3.94. The third-order valence-corrected chi connectivity index (χ3v) is 2.93. The highest BCUT2D eigenvalue weighted by Crippen LogP contribution is 2.25. The molecule has 1 aromatic heterocycles. The van der Waals surface area contributed by atoms with Gasteiger partial charge in [-0.3, -0.25) is 0 Å². The van der Waals surface area contributed by atoms with Crippen LogP contribution in [0.5, 0.6) is 0 Å². The van der Waals surface area contributed by atoms with Gasteiger partial charge in [0.05, 0.1) is 12.1 Å². The van der Waals surface area contributed by atoms with E-state index < -0.39 is 5.54 Å². The van der Waals surface area contributed by atoms with E-state index in [0.717, 1.165) is 11.3 Å². The second-order valence-corrected chi connectivity index (χ2v) is 4.45. The van der Waals surface area contributed by atoms with Crippen LogP contribution >= 0.6 is 0 Å². The van der Waals surface area contributed by atoms with E-state index in [2.05, 4.69) is 10.3 Å². The minimum Gasteiger partial charge on any atom is -0.394 e. The molecule has 0 spiro atoms. The van der Waals surface area contributed by atoms with Crippen molar-refractivity contribution in [1.82, 2.24) is 4.98 Å². The van der Waals surface area contributed by atoms with Gasteiger partial charge >= 0.3 is 0 Å². The van der Waals surface area contributed by atoms with E-state index in [0.29, 0.717) is 5.82 Å². The molecule has 94 valence electrons. The summed E-state index contributed by atoms with van der Waals surface area (Å²) in [5.41, 5.74) is 6.95. The number of rotatable bonds is 4. The van der Waals surface area contributed by atoms with Gasteiger partial charge < -0.3 is 16.2 Å². The number of nitrogens with zero attached hydrogens (tertiary/aromatic N) is 1. The number of benzene rings is 1. The first-order chi connectivity index (χ1) is 8.64. The van der Waals surface area contributed by atoms with Crippen molar-refractivity contribution in [2.24, 2.45) is 0 Å². The standard InChI is InChI=1S/C14H17N3O/c1-14(10-18,11-5-3-2-4-6-11)17-12-7-8-16-13(15)9-12/h2-9,18H,10H2,1H3,(H3,15,16,17). The molecule has 4 nitrogen and oxygen atoms in total. The Kier molecular flexibility index (Phi) is 3.48. The number of aromatic nitrogens is 1. The van der Waals surface area contributed by atoms with Gasteiger partial charge in [-0.25, -0.2) is 4.98 Å². The van der Waals surface area contributed by atoms with E-state index in [4.69, 9.17) is 5.73 Å². The van der Waals surface area contributed by atoms with Gasteiger partial charge in [-0.2, -0.15) is 0 Å². The molecule has 1 unspecified atom stereocenters. The van der Waals surface area contributed by atoms with Crippen molar-refractivity contribution in [2.75, 3.05) is 17.7 Å². The molecule has 0 aliphatic carbocycles. The SMILES string of the molecule is CC(CO)(Nc1ccnc(N)c1)c1ccccc1. The molecule has 0 bridgehead atoms. The molecule has 0 aliphatic rings. The fraction of sp³-hybridized carbons (Fsp3) is 0.214. The van der Waals surface area contributed by atoms with Gasteiger partial charge in [0, 0.05) is 18.0 Å². The number of aliphatic hydroxyl groups is 1. The Balaban J connectivity index is 2.29. The lowest BCUT2D eigenvalue weighted by atomic mass is 9.92. The normalized spacial score (nSPS) is 13.9. The number of hydrogen-bond acceptors (Lipinski definition) is 4. The van der Waals surface area contributed by atoms with Crippen molar-refractivity contribution in [3.8, 4) is 0 Å². The van der Waals surface area contributed by atoms with E-state index in [-0.39, 0.29) is 6.61 Å². The first-order valence-corrected chi connectivity index (χ1v) is 5.80. The average molecular weight is 243 g/mol. The van der Waals surface area contributed by atoms with E-state index in [1.807, 2.05) is 43.3 Å². The molecule has 0 amide bonds. The van der Waals surface area contributed by atoms with Crippen LogP contribution in [0.25, 0.3) is 0 Å². The molecule has 4 heteroatoms. The van der Waals surface area contributed by atoms with E-state index in [9.17, 15) is 5.11 Å². The smallest absolute Gasteiger partial charge is 0.125 e. The van der Waals surface area contributed by atoms with Crippen LogP contribution in [0.1, 0.15) is 12.5 Å².